The van der Waals surface area contributed by atoms with Gasteiger partial charge in [0.25, 0.3) is 0 Å². The minimum atomic E-state index is 0.0747. The maximum atomic E-state index is 5.79. The molecular formula is C12H21N3O2. The Morgan fingerprint density at radius 3 is 3.06 bits per heavy atom. The van der Waals surface area contributed by atoms with Gasteiger partial charge in [-0.3, -0.25) is 4.68 Å². The fourth-order valence-corrected chi connectivity index (χ4v) is 2.11. The number of hydrogen-bond acceptors (Lipinski definition) is 4. The molecule has 1 aromatic rings. The predicted octanol–water partition coefficient (Wildman–Crippen LogP) is 0.876. The lowest BCUT2D eigenvalue weighted by atomic mass is 10.1. The van der Waals surface area contributed by atoms with E-state index in [1.54, 1.807) is 0 Å². The second-order valence-electron chi connectivity index (χ2n) is 4.30. The topological polar surface area (TPSA) is 48.3 Å². The fraction of sp³-hybridized carbons (Fsp3) is 0.750. The maximum absolute atomic E-state index is 5.79. The first kappa shape index (κ1) is 12.5. The van der Waals surface area contributed by atoms with Crippen LogP contribution in [0.3, 0.4) is 0 Å². The van der Waals surface area contributed by atoms with Crippen LogP contribution >= 0.6 is 0 Å². The number of aromatic nitrogens is 2. The first-order valence-electron chi connectivity index (χ1n) is 6.23. The van der Waals surface area contributed by atoms with E-state index in [1.807, 2.05) is 24.0 Å². The quantitative estimate of drug-likeness (QED) is 0.828. The highest BCUT2D eigenvalue weighted by Gasteiger charge is 2.27. The lowest BCUT2D eigenvalue weighted by Crippen LogP contribution is -2.41. The normalized spacial score (nSPS) is 22.6. The van der Waals surface area contributed by atoms with E-state index in [1.165, 1.54) is 0 Å². The molecule has 5 nitrogen and oxygen atoms in total. The highest BCUT2D eigenvalue weighted by molar-refractivity contribution is 5.09. The van der Waals surface area contributed by atoms with Crippen LogP contribution in [0.2, 0.25) is 0 Å². The zero-order chi connectivity index (χ0) is 12.1. The molecule has 5 heteroatoms. The molecule has 17 heavy (non-hydrogen) atoms. The van der Waals surface area contributed by atoms with Crippen molar-refractivity contribution in [3.05, 3.63) is 18.0 Å². The summed E-state index contributed by atoms with van der Waals surface area (Å²) >= 11 is 0. The summed E-state index contributed by atoms with van der Waals surface area (Å²) in [6, 6.07) is 2.19. The van der Waals surface area contributed by atoms with E-state index in [4.69, 9.17) is 9.47 Å². The van der Waals surface area contributed by atoms with Crippen molar-refractivity contribution in [2.75, 3.05) is 26.4 Å². The third kappa shape index (κ3) is 3.06. The Labute approximate surface area is 102 Å². The van der Waals surface area contributed by atoms with Crippen molar-refractivity contribution in [3.8, 4) is 0 Å². The number of nitrogens with zero attached hydrogens (tertiary/aromatic N) is 2. The molecule has 0 spiro atoms. The minimum absolute atomic E-state index is 0.0747. The molecule has 0 amide bonds. The Morgan fingerprint density at radius 1 is 1.59 bits per heavy atom. The third-order valence-corrected chi connectivity index (χ3v) is 3.01. The zero-order valence-electron chi connectivity index (χ0n) is 10.6. The molecule has 0 aromatic carbocycles. The van der Waals surface area contributed by atoms with E-state index in [9.17, 15) is 0 Å². The van der Waals surface area contributed by atoms with Gasteiger partial charge in [-0.05, 0) is 19.0 Å². The molecule has 2 unspecified atom stereocenters. The average molecular weight is 239 g/mol. The Bertz CT molecular complexity index is 334. The van der Waals surface area contributed by atoms with Crippen molar-refractivity contribution < 1.29 is 9.47 Å². The largest absolute Gasteiger partial charge is 0.376 e. The average Bonchev–Trinajstić information content (AvgIpc) is 2.78. The first-order valence-corrected chi connectivity index (χ1v) is 6.23. The van der Waals surface area contributed by atoms with Gasteiger partial charge in [0.15, 0.2) is 0 Å². The third-order valence-electron chi connectivity index (χ3n) is 3.01. The van der Waals surface area contributed by atoms with Gasteiger partial charge in [-0.2, -0.15) is 5.10 Å². The number of aryl methyl sites for hydroxylation is 1. The predicted molar refractivity (Wildman–Crippen MR) is 64.8 cm³/mol. The maximum Gasteiger partial charge on any atom is 0.102 e. The van der Waals surface area contributed by atoms with Crippen molar-refractivity contribution in [1.29, 1.82) is 0 Å². The molecule has 1 aliphatic heterocycles. The van der Waals surface area contributed by atoms with E-state index in [-0.39, 0.29) is 12.1 Å². The van der Waals surface area contributed by atoms with Crippen LogP contribution in [0.4, 0.5) is 0 Å². The molecule has 1 saturated heterocycles. The van der Waals surface area contributed by atoms with Gasteiger partial charge in [-0.15, -0.1) is 0 Å². The molecule has 2 rings (SSSR count). The van der Waals surface area contributed by atoms with Crippen LogP contribution in [0.25, 0.3) is 0 Å². The van der Waals surface area contributed by atoms with E-state index < -0.39 is 0 Å². The Morgan fingerprint density at radius 2 is 2.47 bits per heavy atom. The van der Waals surface area contributed by atoms with Gasteiger partial charge in [0.2, 0.25) is 0 Å². The molecule has 1 N–H and O–H groups in total. The molecule has 0 saturated carbocycles. The van der Waals surface area contributed by atoms with Gasteiger partial charge in [-0.1, -0.05) is 6.92 Å². The Kier molecular flexibility index (Phi) is 4.53. The summed E-state index contributed by atoms with van der Waals surface area (Å²) in [5.74, 6) is 0. The van der Waals surface area contributed by atoms with E-state index >= 15 is 0 Å². The summed E-state index contributed by atoms with van der Waals surface area (Å²) < 4.78 is 13.2. The summed E-state index contributed by atoms with van der Waals surface area (Å²) in [5.41, 5.74) is 1.15. The molecule has 0 aliphatic carbocycles. The molecule has 1 aliphatic rings. The van der Waals surface area contributed by atoms with Crippen LogP contribution in [-0.2, 0) is 16.5 Å². The number of ether oxygens (including phenoxy) is 2. The highest BCUT2D eigenvalue weighted by Crippen LogP contribution is 2.21. The van der Waals surface area contributed by atoms with Gasteiger partial charge >= 0.3 is 0 Å². The van der Waals surface area contributed by atoms with Crippen LogP contribution in [0, 0.1) is 0 Å². The van der Waals surface area contributed by atoms with Crippen LogP contribution in [0.1, 0.15) is 25.1 Å². The molecule has 2 atom stereocenters. The number of hydrogen-bond donors (Lipinski definition) is 1. The fourth-order valence-electron chi connectivity index (χ4n) is 2.11. The Balaban J connectivity index is 2.09. The summed E-state index contributed by atoms with van der Waals surface area (Å²) in [5, 5.41) is 7.74. The molecular weight excluding hydrogens is 218 g/mol. The monoisotopic (exact) mass is 239 g/mol. The van der Waals surface area contributed by atoms with Gasteiger partial charge in [0.05, 0.1) is 31.6 Å². The minimum Gasteiger partial charge on any atom is -0.376 e. The van der Waals surface area contributed by atoms with Crippen molar-refractivity contribution in [2.45, 2.75) is 25.5 Å². The Hall–Kier alpha value is -0.910. The van der Waals surface area contributed by atoms with Crippen molar-refractivity contribution >= 4 is 0 Å². The molecule has 1 fully saturated rings. The van der Waals surface area contributed by atoms with Crippen molar-refractivity contribution in [1.82, 2.24) is 15.1 Å². The highest BCUT2D eigenvalue weighted by atomic mass is 16.6. The first-order chi connectivity index (χ1) is 8.33. The van der Waals surface area contributed by atoms with E-state index in [2.05, 4.69) is 17.3 Å². The van der Waals surface area contributed by atoms with Crippen LogP contribution in [0.15, 0.2) is 12.3 Å². The number of nitrogens with one attached hydrogen (secondary N) is 1. The van der Waals surface area contributed by atoms with Gasteiger partial charge in [-0.25, -0.2) is 0 Å². The SMILES string of the molecule is CCCNC(c1ccnn1C)C1COCCO1. The van der Waals surface area contributed by atoms with Crippen LogP contribution in [-0.4, -0.2) is 42.2 Å². The van der Waals surface area contributed by atoms with E-state index in [0.29, 0.717) is 19.8 Å². The van der Waals surface area contributed by atoms with Gasteiger partial charge in [0, 0.05) is 13.2 Å². The molecule has 0 bridgehead atoms. The lowest BCUT2D eigenvalue weighted by Gasteiger charge is -2.31. The van der Waals surface area contributed by atoms with Crippen LogP contribution in [0.5, 0.6) is 0 Å². The van der Waals surface area contributed by atoms with Crippen molar-refractivity contribution in [2.24, 2.45) is 7.05 Å². The summed E-state index contributed by atoms with van der Waals surface area (Å²) in [7, 11) is 1.96. The second kappa shape index (κ2) is 6.14. The molecule has 96 valence electrons. The molecule has 2 heterocycles. The smallest absolute Gasteiger partial charge is 0.102 e. The lowest BCUT2D eigenvalue weighted by molar-refractivity contribution is -0.103. The van der Waals surface area contributed by atoms with Crippen LogP contribution < -0.4 is 5.32 Å². The molecule has 1 aromatic heterocycles. The zero-order valence-corrected chi connectivity index (χ0v) is 10.6. The number of rotatable bonds is 5. The molecule has 0 radical (unpaired) electrons. The van der Waals surface area contributed by atoms with Gasteiger partial charge < -0.3 is 14.8 Å². The van der Waals surface area contributed by atoms with Crippen molar-refractivity contribution in [3.63, 3.8) is 0 Å². The second-order valence-corrected chi connectivity index (χ2v) is 4.30. The summed E-state index contributed by atoms with van der Waals surface area (Å²) in [6.07, 6.45) is 2.99. The summed E-state index contributed by atoms with van der Waals surface area (Å²) in [6.45, 7) is 5.14. The summed E-state index contributed by atoms with van der Waals surface area (Å²) in [4.78, 5) is 0. The van der Waals surface area contributed by atoms with Gasteiger partial charge in [0.1, 0.15) is 6.10 Å². The standard InChI is InChI=1S/C12H21N3O2/c1-3-5-13-12(10-4-6-14-15(10)2)11-9-16-7-8-17-11/h4,6,11-13H,3,5,7-9H2,1-2H3. The van der Waals surface area contributed by atoms with E-state index in [0.717, 1.165) is 18.7 Å².